The van der Waals surface area contributed by atoms with Crippen LogP contribution in [0, 0.1) is 0 Å². The fraction of sp³-hybridized carbons (Fsp3) is 0.778. The van der Waals surface area contributed by atoms with Gasteiger partial charge in [0.25, 0.3) is 5.91 Å². The van der Waals surface area contributed by atoms with Gasteiger partial charge in [-0.15, -0.1) is 0 Å². The van der Waals surface area contributed by atoms with E-state index in [4.69, 9.17) is 0 Å². The lowest BCUT2D eigenvalue weighted by atomic mass is 9.89. The Labute approximate surface area is 116 Å². The first-order valence-corrected chi connectivity index (χ1v) is 9.50. The fourth-order valence-electron chi connectivity index (χ4n) is 2.37. The molecule has 2 fully saturated rings. The second kappa shape index (κ2) is 4.67. The Morgan fingerprint density at radius 3 is 2.10 bits per heavy atom. The number of carbonyl (C=O) groups excluding carboxylic acids is 2. The van der Waals surface area contributed by atoms with Gasteiger partial charge in [0, 0.05) is 19.3 Å². The normalized spacial score (nSPS) is 23.6. The predicted octanol–water partition coefficient (Wildman–Crippen LogP) is -2.01. The Balaban J connectivity index is 2.09. The molecule has 2 saturated heterocycles. The summed E-state index contributed by atoms with van der Waals surface area (Å²) in [6.07, 6.45) is 1.09. The molecule has 20 heavy (non-hydrogen) atoms. The average Bonchev–Trinajstić information content (AvgIpc) is 2.51. The molecule has 114 valence electrons. The van der Waals surface area contributed by atoms with E-state index in [0.717, 1.165) is 10.6 Å². The van der Waals surface area contributed by atoms with Crippen LogP contribution in [0.1, 0.15) is 12.8 Å². The van der Waals surface area contributed by atoms with E-state index in [-0.39, 0.29) is 25.9 Å². The van der Waals surface area contributed by atoms with Gasteiger partial charge in [-0.1, -0.05) is 0 Å². The van der Waals surface area contributed by atoms with Gasteiger partial charge in [-0.3, -0.25) is 10.1 Å². The van der Waals surface area contributed by atoms with E-state index in [2.05, 4.69) is 10.6 Å². The van der Waals surface area contributed by atoms with E-state index >= 15 is 0 Å². The summed E-state index contributed by atoms with van der Waals surface area (Å²) in [6.45, 7) is -0.0168. The lowest BCUT2D eigenvalue weighted by Crippen LogP contribution is -2.56. The van der Waals surface area contributed by atoms with E-state index in [1.165, 1.54) is 0 Å². The van der Waals surface area contributed by atoms with Crippen molar-refractivity contribution in [1.82, 2.24) is 14.9 Å². The number of hydrogen-bond donors (Lipinski definition) is 2. The zero-order valence-corrected chi connectivity index (χ0v) is 12.4. The number of imide groups is 1. The third kappa shape index (κ3) is 2.94. The summed E-state index contributed by atoms with van der Waals surface area (Å²) in [5, 5.41) is 3.66. The smallest absolute Gasteiger partial charge is 0.322 e. The molecule has 0 atom stereocenters. The molecule has 2 aliphatic heterocycles. The molecule has 0 aliphatic carbocycles. The van der Waals surface area contributed by atoms with Crippen molar-refractivity contribution >= 4 is 31.8 Å². The van der Waals surface area contributed by atoms with Crippen LogP contribution in [-0.4, -0.2) is 63.0 Å². The Bertz CT molecular complexity index is 645. The van der Waals surface area contributed by atoms with Crippen LogP contribution in [0.15, 0.2) is 0 Å². The summed E-state index contributed by atoms with van der Waals surface area (Å²) in [7, 11) is -7.57. The summed E-state index contributed by atoms with van der Waals surface area (Å²) < 4.78 is 47.1. The van der Waals surface area contributed by atoms with Gasteiger partial charge in [0.1, 0.15) is 5.54 Å². The molecule has 0 radical (unpaired) electrons. The van der Waals surface area contributed by atoms with Crippen LogP contribution in [0.4, 0.5) is 4.79 Å². The molecule has 3 amide bonds. The van der Waals surface area contributed by atoms with Crippen molar-refractivity contribution < 1.29 is 26.4 Å². The molecule has 1 spiro atoms. The first-order valence-electron chi connectivity index (χ1n) is 5.83. The van der Waals surface area contributed by atoms with Crippen molar-refractivity contribution in [3.63, 3.8) is 0 Å². The molecule has 9 nitrogen and oxygen atoms in total. The molecule has 0 saturated carbocycles. The zero-order valence-electron chi connectivity index (χ0n) is 10.7. The van der Waals surface area contributed by atoms with Crippen molar-refractivity contribution in [2.75, 3.05) is 24.4 Å². The molecule has 2 heterocycles. The van der Waals surface area contributed by atoms with Gasteiger partial charge in [-0.2, -0.15) is 0 Å². The van der Waals surface area contributed by atoms with Gasteiger partial charge >= 0.3 is 6.03 Å². The minimum Gasteiger partial charge on any atom is -0.323 e. The van der Waals surface area contributed by atoms with Crippen molar-refractivity contribution in [1.29, 1.82) is 0 Å². The minimum atomic E-state index is -3.92. The van der Waals surface area contributed by atoms with Gasteiger partial charge < -0.3 is 5.32 Å². The number of hydrogen-bond acceptors (Lipinski definition) is 6. The number of rotatable bonds is 3. The third-order valence-corrected chi connectivity index (χ3v) is 7.40. The van der Waals surface area contributed by atoms with Crippen molar-refractivity contribution in [3.05, 3.63) is 0 Å². The fourth-order valence-corrected chi connectivity index (χ4v) is 5.87. The molecule has 0 aromatic heterocycles. The van der Waals surface area contributed by atoms with Crippen LogP contribution in [-0.2, 0) is 24.7 Å². The van der Waals surface area contributed by atoms with E-state index in [9.17, 15) is 26.4 Å². The molecule has 11 heteroatoms. The lowest BCUT2D eigenvalue weighted by molar-refractivity contribution is -0.125. The molecule has 0 unspecified atom stereocenters. The van der Waals surface area contributed by atoms with Crippen LogP contribution in [0.5, 0.6) is 0 Å². The molecular weight excluding hydrogens is 310 g/mol. The predicted molar refractivity (Wildman–Crippen MR) is 68.8 cm³/mol. The molecule has 0 aromatic carbocycles. The summed E-state index contributed by atoms with van der Waals surface area (Å²) >= 11 is 0. The molecule has 0 bridgehead atoms. The monoisotopic (exact) mass is 325 g/mol. The number of carbonyl (C=O) groups is 2. The Kier molecular flexibility index (Phi) is 3.55. The van der Waals surface area contributed by atoms with Crippen LogP contribution in [0.25, 0.3) is 0 Å². The molecule has 2 aliphatic rings. The first kappa shape index (κ1) is 15.2. The number of nitrogens with zero attached hydrogens (tertiary/aromatic N) is 1. The van der Waals surface area contributed by atoms with Gasteiger partial charge in [-0.05, 0) is 12.8 Å². The van der Waals surface area contributed by atoms with Gasteiger partial charge in [0.05, 0.1) is 0 Å². The van der Waals surface area contributed by atoms with E-state index < -0.39 is 42.4 Å². The summed E-state index contributed by atoms with van der Waals surface area (Å²) in [6, 6.07) is -0.595. The minimum absolute atomic E-state index is 0.00838. The van der Waals surface area contributed by atoms with E-state index in [0.29, 0.717) is 0 Å². The Morgan fingerprint density at radius 1 is 1.15 bits per heavy atom. The standard InChI is InChI=1S/C9H15N3O6S2/c1-19(15,16)6-20(17,18)12-4-2-9(3-5-12)7(13)10-8(14)11-9/h2-6H2,1H3,(H2,10,11,13,14). The first-order chi connectivity index (χ1) is 9.04. The number of urea groups is 1. The van der Waals surface area contributed by atoms with Gasteiger partial charge in [-0.25, -0.2) is 25.9 Å². The van der Waals surface area contributed by atoms with E-state index in [1.54, 1.807) is 0 Å². The third-order valence-electron chi connectivity index (χ3n) is 3.35. The van der Waals surface area contributed by atoms with Crippen LogP contribution >= 0.6 is 0 Å². The second-order valence-electron chi connectivity index (χ2n) is 5.04. The summed E-state index contributed by atoms with van der Waals surface area (Å²) in [5.74, 6) is -0.470. The zero-order chi connectivity index (χ0) is 15.2. The van der Waals surface area contributed by atoms with Crippen LogP contribution in [0.2, 0.25) is 0 Å². The topological polar surface area (TPSA) is 130 Å². The molecule has 2 N–H and O–H groups in total. The number of amides is 3. The Hall–Kier alpha value is -1.20. The molecule has 2 rings (SSSR count). The molecular formula is C9H15N3O6S2. The maximum atomic E-state index is 11.9. The van der Waals surface area contributed by atoms with Crippen molar-refractivity contribution in [2.24, 2.45) is 0 Å². The van der Waals surface area contributed by atoms with Gasteiger partial charge in [0.2, 0.25) is 10.0 Å². The number of nitrogens with one attached hydrogen (secondary N) is 2. The number of piperidine rings is 1. The SMILES string of the molecule is CS(=O)(=O)CS(=O)(=O)N1CCC2(CC1)NC(=O)NC2=O. The number of sulfone groups is 1. The second-order valence-corrected chi connectivity index (χ2v) is 9.52. The van der Waals surface area contributed by atoms with Crippen LogP contribution in [0.3, 0.4) is 0 Å². The highest BCUT2D eigenvalue weighted by atomic mass is 32.3. The largest absolute Gasteiger partial charge is 0.323 e. The highest BCUT2D eigenvalue weighted by Gasteiger charge is 2.49. The van der Waals surface area contributed by atoms with Crippen LogP contribution < -0.4 is 10.6 Å². The Morgan fingerprint density at radius 2 is 1.70 bits per heavy atom. The maximum absolute atomic E-state index is 11.9. The van der Waals surface area contributed by atoms with Gasteiger partial charge in [0.15, 0.2) is 14.9 Å². The quantitative estimate of drug-likeness (QED) is 0.577. The average molecular weight is 325 g/mol. The maximum Gasteiger partial charge on any atom is 0.322 e. The highest BCUT2D eigenvalue weighted by Crippen LogP contribution is 2.27. The molecule has 0 aromatic rings. The van der Waals surface area contributed by atoms with Crippen molar-refractivity contribution in [2.45, 2.75) is 18.4 Å². The highest BCUT2D eigenvalue weighted by molar-refractivity contribution is 8.06. The summed E-state index contributed by atoms with van der Waals surface area (Å²) in [4.78, 5) is 22.8. The van der Waals surface area contributed by atoms with Crippen molar-refractivity contribution in [3.8, 4) is 0 Å². The number of sulfonamides is 1. The van der Waals surface area contributed by atoms with E-state index in [1.807, 2.05) is 0 Å². The summed E-state index contributed by atoms with van der Waals surface area (Å²) in [5.41, 5.74) is -1.08. The lowest BCUT2D eigenvalue weighted by Gasteiger charge is -2.36.